The van der Waals surface area contributed by atoms with Crippen molar-refractivity contribution in [3.8, 4) is 0 Å². The van der Waals surface area contributed by atoms with Crippen molar-refractivity contribution in [2.75, 3.05) is 45.8 Å². The van der Waals surface area contributed by atoms with Crippen LogP contribution in [0.4, 0.5) is 0 Å². The van der Waals surface area contributed by atoms with Crippen molar-refractivity contribution in [1.29, 1.82) is 0 Å². The first-order valence-electron chi connectivity index (χ1n) is 7.47. The number of nitrogens with zero attached hydrogens (tertiary/aromatic N) is 3. The van der Waals surface area contributed by atoms with Gasteiger partial charge in [-0.3, -0.25) is 14.5 Å². The average Bonchev–Trinajstić information content (AvgIpc) is 3.03. The lowest BCUT2D eigenvalue weighted by Crippen LogP contribution is -2.51. The molecule has 1 saturated heterocycles. The van der Waals surface area contributed by atoms with Crippen molar-refractivity contribution in [2.45, 2.75) is 13.8 Å². The molecule has 1 aliphatic rings. The Morgan fingerprint density at radius 3 is 2.38 bits per heavy atom. The summed E-state index contributed by atoms with van der Waals surface area (Å²) in [6.07, 6.45) is 2.98. The molecule has 116 valence electrons. The van der Waals surface area contributed by atoms with E-state index in [0.29, 0.717) is 25.2 Å². The first-order chi connectivity index (χ1) is 10.2. The van der Waals surface area contributed by atoms with Crippen molar-refractivity contribution >= 4 is 11.8 Å². The lowest BCUT2D eigenvalue weighted by Gasteiger charge is -2.35. The van der Waals surface area contributed by atoms with Crippen molar-refractivity contribution in [3.63, 3.8) is 0 Å². The van der Waals surface area contributed by atoms with E-state index >= 15 is 0 Å². The molecule has 2 amide bonds. The second-order valence-electron chi connectivity index (χ2n) is 5.15. The van der Waals surface area contributed by atoms with Crippen molar-refractivity contribution < 1.29 is 14.0 Å². The lowest BCUT2D eigenvalue weighted by atomic mass is 10.2. The van der Waals surface area contributed by atoms with Crippen LogP contribution in [-0.2, 0) is 4.79 Å². The Bertz CT molecular complexity index is 461. The molecule has 21 heavy (non-hydrogen) atoms. The second kappa shape index (κ2) is 7.26. The van der Waals surface area contributed by atoms with E-state index in [2.05, 4.69) is 4.90 Å². The van der Waals surface area contributed by atoms with Crippen LogP contribution in [0.1, 0.15) is 24.2 Å². The molecule has 6 nitrogen and oxygen atoms in total. The van der Waals surface area contributed by atoms with Gasteiger partial charge in [-0.2, -0.15) is 0 Å². The van der Waals surface area contributed by atoms with E-state index in [9.17, 15) is 9.59 Å². The van der Waals surface area contributed by atoms with E-state index in [4.69, 9.17) is 4.42 Å². The summed E-state index contributed by atoms with van der Waals surface area (Å²) < 4.78 is 4.94. The molecule has 0 saturated carbocycles. The number of piperazine rings is 1. The molecule has 0 aromatic carbocycles. The molecule has 0 spiro atoms. The van der Waals surface area contributed by atoms with Crippen LogP contribution in [0.5, 0.6) is 0 Å². The average molecular weight is 293 g/mol. The summed E-state index contributed by atoms with van der Waals surface area (Å²) in [5, 5.41) is 0. The highest BCUT2D eigenvalue weighted by Gasteiger charge is 2.24. The van der Waals surface area contributed by atoms with Crippen LogP contribution >= 0.6 is 0 Å². The quantitative estimate of drug-likeness (QED) is 0.809. The predicted octanol–water partition coefficient (Wildman–Crippen LogP) is 0.906. The number of carbonyl (C=O) groups excluding carboxylic acids is 2. The van der Waals surface area contributed by atoms with Gasteiger partial charge in [-0.15, -0.1) is 0 Å². The van der Waals surface area contributed by atoms with Gasteiger partial charge >= 0.3 is 0 Å². The zero-order valence-electron chi connectivity index (χ0n) is 12.7. The second-order valence-corrected chi connectivity index (χ2v) is 5.15. The summed E-state index contributed by atoms with van der Waals surface area (Å²) in [5.74, 6) is 0.160. The van der Waals surface area contributed by atoms with Gasteiger partial charge in [0.25, 0.3) is 5.91 Å². The Morgan fingerprint density at radius 2 is 1.86 bits per heavy atom. The highest BCUT2D eigenvalue weighted by Crippen LogP contribution is 2.09. The molecule has 0 bridgehead atoms. The summed E-state index contributed by atoms with van der Waals surface area (Å²) in [6.45, 7) is 8.67. The Labute approximate surface area is 125 Å². The smallest absolute Gasteiger partial charge is 0.257 e. The van der Waals surface area contributed by atoms with E-state index in [-0.39, 0.29) is 11.8 Å². The molecule has 0 aliphatic carbocycles. The number of hydrogen-bond acceptors (Lipinski definition) is 4. The van der Waals surface area contributed by atoms with Crippen molar-refractivity contribution in [3.05, 3.63) is 24.2 Å². The molecule has 0 unspecified atom stereocenters. The van der Waals surface area contributed by atoms with Gasteiger partial charge in [0.05, 0.1) is 18.4 Å². The fraction of sp³-hybridized carbons (Fsp3) is 0.600. The normalized spacial score (nSPS) is 16.0. The topological polar surface area (TPSA) is 57.0 Å². The molecule has 6 heteroatoms. The Hall–Kier alpha value is -1.82. The zero-order valence-corrected chi connectivity index (χ0v) is 12.7. The minimum Gasteiger partial charge on any atom is -0.472 e. The summed E-state index contributed by atoms with van der Waals surface area (Å²) in [7, 11) is 0. The minimum absolute atomic E-state index is 0.00142. The van der Waals surface area contributed by atoms with E-state index < -0.39 is 0 Å². The predicted molar refractivity (Wildman–Crippen MR) is 79.0 cm³/mol. The van der Waals surface area contributed by atoms with Crippen LogP contribution in [0.3, 0.4) is 0 Å². The first-order valence-corrected chi connectivity index (χ1v) is 7.47. The molecule has 0 radical (unpaired) electrons. The summed E-state index contributed by atoms with van der Waals surface area (Å²) in [6, 6.07) is 1.68. The standard InChI is InChI=1S/C15H23N3O3/c1-3-17(4-2)14(19)11-16-6-8-18(9-7-16)15(20)13-5-10-21-12-13/h5,10,12H,3-4,6-9,11H2,1-2H3. The van der Waals surface area contributed by atoms with E-state index in [1.54, 1.807) is 6.07 Å². The van der Waals surface area contributed by atoms with Gasteiger partial charge in [0.2, 0.25) is 5.91 Å². The highest BCUT2D eigenvalue weighted by molar-refractivity contribution is 5.93. The molecule has 1 aliphatic heterocycles. The summed E-state index contributed by atoms with van der Waals surface area (Å²) >= 11 is 0. The van der Waals surface area contributed by atoms with E-state index in [1.807, 2.05) is 23.6 Å². The monoisotopic (exact) mass is 293 g/mol. The van der Waals surface area contributed by atoms with Crippen LogP contribution in [0, 0.1) is 0 Å². The Kier molecular flexibility index (Phi) is 5.38. The number of furan rings is 1. The number of likely N-dealkylation sites (N-methyl/N-ethyl adjacent to an activating group) is 1. The van der Waals surface area contributed by atoms with E-state index in [1.165, 1.54) is 12.5 Å². The van der Waals surface area contributed by atoms with Crippen LogP contribution in [0.15, 0.2) is 23.0 Å². The molecule has 1 aromatic heterocycles. The van der Waals surface area contributed by atoms with E-state index in [0.717, 1.165) is 26.2 Å². The maximum atomic E-state index is 12.2. The van der Waals surface area contributed by atoms with Gasteiger partial charge in [-0.25, -0.2) is 0 Å². The summed E-state index contributed by atoms with van der Waals surface area (Å²) in [5.41, 5.74) is 0.586. The fourth-order valence-electron chi connectivity index (χ4n) is 2.55. The maximum Gasteiger partial charge on any atom is 0.257 e. The molecular weight excluding hydrogens is 270 g/mol. The van der Waals surface area contributed by atoms with Gasteiger partial charge in [0.15, 0.2) is 0 Å². The molecular formula is C15H23N3O3. The van der Waals surface area contributed by atoms with Crippen LogP contribution < -0.4 is 0 Å². The summed E-state index contributed by atoms with van der Waals surface area (Å²) in [4.78, 5) is 30.0. The third kappa shape index (κ3) is 3.85. The van der Waals surface area contributed by atoms with Crippen LogP contribution in [-0.4, -0.2) is 72.3 Å². The van der Waals surface area contributed by atoms with Gasteiger partial charge in [0, 0.05) is 39.3 Å². The SMILES string of the molecule is CCN(CC)C(=O)CN1CCN(C(=O)c2ccoc2)CC1. The van der Waals surface area contributed by atoms with Crippen molar-refractivity contribution in [1.82, 2.24) is 14.7 Å². The maximum absolute atomic E-state index is 12.2. The Morgan fingerprint density at radius 1 is 1.19 bits per heavy atom. The number of carbonyl (C=O) groups is 2. The van der Waals surface area contributed by atoms with Crippen LogP contribution in [0.2, 0.25) is 0 Å². The molecule has 2 rings (SSSR count). The molecule has 2 heterocycles. The van der Waals surface area contributed by atoms with Gasteiger partial charge < -0.3 is 14.2 Å². The fourth-order valence-corrected chi connectivity index (χ4v) is 2.55. The largest absolute Gasteiger partial charge is 0.472 e. The lowest BCUT2D eigenvalue weighted by molar-refractivity contribution is -0.132. The number of rotatable bonds is 5. The third-order valence-corrected chi connectivity index (χ3v) is 3.90. The van der Waals surface area contributed by atoms with Gasteiger partial charge in [0.1, 0.15) is 6.26 Å². The number of amides is 2. The highest BCUT2D eigenvalue weighted by atomic mass is 16.3. The molecule has 0 atom stereocenters. The number of hydrogen-bond donors (Lipinski definition) is 0. The molecule has 1 aromatic rings. The molecule has 1 fully saturated rings. The zero-order chi connectivity index (χ0) is 15.2. The van der Waals surface area contributed by atoms with Gasteiger partial charge in [-0.05, 0) is 19.9 Å². The molecule has 0 N–H and O–H groups in total. The third-order valence-electron chi connectivity index (χ3n) is 3.90. The van der Waals surface area contributed by atoms with Crippen LogP contribution in [0.25, 0.3) is 0 Å². The first kappa shape index (κ1) is 15.6. The minimum atomic E-state index is -0.00142. The van der Waals surface area contributed by atoms with Crippen molar-refractivity contribution in [2.24, 2.45) is 0 Å². The van der Waals surface area contributed by atoms with Gasteiger partial charge in [-0.1, -0.05) is 0 Å². The Balaban J connectivity index is 1.81.